The van der Waals surface area contributed by atoms with Crippen LogP contribution in [0.15, 0.2) is 48.5 Å². The van der Waals surface area contributed by atoms with E-state index in [9.17, 15) is 0 Å². The van der Waals surface area contributed by atoms with E-state index in [0.29, 0.717) is 12.0 Å². The zero-order valence-corrected chi connectivity index (χ0v) is 15.0. The molecule has 4 rings (SSSR count). The van der Waals surface area contributed by atoms with Gasteiger partial charge in [0, 0.05) is 41.2 Å². The van der Waals surface area contributed by atoms with Gasteiger partial charge in [-0.25, -0.2) is 0 Å². The number of anilines is 3. The third-order valence-electron chi connectivity index (χ3n) is 5.53. The van der Waals surface area contributed by atoms with Gasteiger partial charge in [-0.1, -0.05) is 44.4 Å². The van der Waals surface area contributed by atoms with Gasteiger partial charge in [0.25, 0.3) is 0 Å². The Morgan fingerprint density at radius 3 is 2.80 bits per heavy atom. The molecule has 2 N–H and O–H groups in total. The second-order valence-electron chi connectivity index (χ2n) is 7.28. The van der Waals surface area contributed by atoms with Crippen LogP contribution in [0.1, 0.15) is 50.7 Å². The maximum absolute atomic E-state index is 6.16. The maximum atomic E-state index is 6.16. The number of nitrogens with one attached hydrogen (secondary N) is 2. The van der Waals surface area contributed by atoms with Crippen molar-refractivity contribution in [3.8, 4) is 0 Å². The Morgan fingerprint density at radius 1 is 1.08 bits per heavy atom. The van der Waals surface area contributed by atoms with Gasteiger partial charge in [0.2, 0.25) is 0 Å². The molecular weight excluding hydrogens is 308 g/mol. The topological polar surface area (TPSA) is 33.3 Å². The standard InChI is InChI=1S/C22H28N2O/c1-2-3-5-10-20-18-13-14-25-22(18)19-15-17(11-12-21(19)24-20)23-16-8-6-4-7-9-16/h4,6-9,11-12,15,18,20,22-24H,2-3,5,10,13-14H2,1H3. The fourth-order valence-corrected chi connectivity index (χ4v) is 4.24. The highest BCUT2D eigenvalue weighted by atomic mass is 16.5. The lowest BCUT2D eigenvalue weighted by Gasteiger charge is -2.36. The van der Waals surface area contributed by atoms with Gasteiger partial charge >= 0.3 is 0 Å². The molecule has 0 bridgehead atoms. The highest BCUT2D eigenvalue weighted by Gasteiger charge is 2.40. The number of benzene rings is 2. The minimum Gasteiger partial charge on any atom is -0.382 e. The molecule has 25 heavy (non-hydrogen) atoms. The van der Waals surface area contributed by atoms with E-state index in [2.05, 4.69) is 60.0 Å². The van der Waals surface area contributed by atoms with Crippen molar-refractivity contribution < 1.29 is 4.74 Å². The van der Waals surface area contributed by atoms with E-state index in [4.69, 9.17) is 4.74 Å². The van der Waals surface area contributed by atoms with Crippen LogP contribution < -0.4 is 10.6 Å². The monoisotopic (exact) mass is 336 g/mol. The SMILES string of the molecule is CCCCCC1Nc2ccc(Nc3ccccc3)cc2C2OCCC12. The Morgan fingerprint density at radius 2 is 1.96 bits per heavy atom. The summed E-state index contributed by atoms with van der Waals surface area (Å²) in [5.41, 5.74) is 4.82. The van der Waals surface area contributed by atoms with Gasteiger partial charge in [-0.05, 0) is 43.2 Å². The molecule has 0 saturated carbocycles. The van der Waals surface area contributed by atoms with E-state index in [1.165, 1.54) is 43.4 Å². The van der Waals surface area contributed by atoms with Crippen molar-refractivity contribution >= 4 is 17.1 Å². The minimum absolute atomic E-state index is 0.250. The van der Waals surface area contributed by atoms with E-state index in [1.807, 2.05) is 6.07 Å². The molecule has 0 radical (unpaired) electrons. The molecule has 2 heterocycles. The Balaban J connectivity index is 1.55. The van der Waals surface area contributed by atoms with Crippen molar-refractivity contribution in [3.05, 3.63) is 54.1 Å². The van der Waals surface area contributed by atoms with Gasteiger partial charge < -0.3 is 15.4 Å². The van der Waals surface area contributed by atoms with E-state index < -0.39 is 0 Å². The number of fused-ring (bicyclic) bond motifs is 3. The highest BCUT2D eigenvalue weighted by molar-refractivity contribution is 5.67. The molecule has 132 valence electrons. The molecule has 3 atom stereocenters. The van der Waals surface area contributed by atoms with Crippen molar-refractivity contribution in [2.24, 2.45) is 5.92 Å². The van der Waals surface area contributed by atoms with Crippen LogP contribution >= 0.6 is 0 Å². The Labute approximate surface area is 150 Å². The Kier molecular flexibility index (Phi) is 4.93. The number of hydrogen-bond donors (Lipinski definition) is 2. The number of ether oxygens (including phenoxy) is 1. The van der Waals surface area contributed by atoms with Crippen LogP contribution in [0, 0.1) is 5.92 Å². The smallest absolute Gasteiger partial charge is 0.0894 e. The quantitative estimate of drug-likeness (QED) is 0.646. The van der Waals surface area contributed by atoms with E-state index in [-0.39, 0.29) is 6.10 Å². The van der Waals surface area contributed by atoms with Gasteiger partial charge in [-0.15, -0.1) is 0 Å². The molecule has 3 heteroatoms. The molecule has 0 amide bonds. The van der Waals surface area contributed by atoms with Crippen LogP contribution in [0.25, 0.3) is 0 Å². The second kappa shape index (κ2) is 7.49. The van der Waals surface area contributed by atoms with E-state index in [0.717, 1.165) is 18.0 Å². The molecule has 0 spiro atoms. The Hall–Kier alpha value is -2.00. The zero-order chi connectivity index (χ0) is 17.1. The number of unbranched alkanes of at least 4 members (excludes halogenated alkanes) is 2. The average Bonchev–Trinajstić information content (AvgIpc) is 3.13. The van der Waals surface area contributed by atoms with Crippen LogP contribution in [0.2, 0.25) is 0 Å². The highest BCUT2D eigenvalue weighted by Crippen LogP contribution is 2.46. The molecule has 2 aromatic carbocycles. The lowest BCUT2D eigenvalue weighted by molar-refractivity contribution is 0.0819. The molecule has 1 saturated heterocycles. The summed E-state index contributed by atoms with van der Waals surface area (Å²) in [7, 11) is 0. The molecule has 2 aromatic rings. The average molecular weight is 336 g/mol. The second-order valence-corrected chi connectivity index (χ2v) is 7.28. The first-order chi connectivity index (χ1) is 12.3. The predicted molar refractivity (Wildman–Crippen MR) is 105 cm³/mol. The lowest BCUT2D eigenvalue weighted by Crippen LogP contribution is -2.35. The van der Waals surface area contributed by atoms with Gasteiger partial charge in [-0.3, -0.25) is 0 Å². The van der Waals surface area contributed by atoms with E-state index >= 15 is 0 Å². The van der Waals surface area contributed by atoms with Gasteiger partial charge in [-0.2, -0.15) is 0 Å². The molecule has 2 aliphatic heterocycles. The van der Waals surface area contributed by atoms with Crippen molar-refractivity contribution in [3.63, 3.8) is 0 Å². The number of para-hydroxylation sites is 1. The molecule has 3 nitrogen and oxygen atoms in total. The summed E-state index contributed by atoms with van der Waals surface area (Å²) in [4.78, 5) is 0. The fraction of sp³-hybridized carbons (Fsp3) is 0.455. The van der Waals surface area contributed by atoms with Crippen LogP contribution in [-0.2, 0) is 4.74 Å². The molecule has 3 unspecified atom stereocenters. The summed E-state index contributed by atoms with van der Waals surface area (Å²) in [6.07, 6.45) is 6.58. The van der Waals surface area contributed by atoms with Crippen molar-refractivity contribution in [1.29, 1.82) is 0 Å². The Bertz CT molecular complexity index is 700. The lowest BCUT2D eigenvalue weighted by atomic mass is 9.82. The predicted octanol–water partition coefficient (Wildman–Crippen LogP) is 5.88. The molecule has 0 aromatic heterocycles. The normalized spacial score (nSPS) is 24.3. The third kappa shape index (κ3) is 3.52. The maximum Gasteiger partial charge on any atom is 0.0894 e. The van der Waals surface area contributed by atoms with Crippen LogP contribution in [0.4, 0.5) is 17.1 Å². The van der Waals surface area contributed by atoms with Gasteiger partial charge in [0.1, 0.15) is 0 Å². The summed E-state index contributed by atoms with van der Waals surface area (Å²) < 4.78 is 6.16. The first-order valence-electron chi connectivity index (χ1n) is 9.69. The summed E-state index contributed by atoms with van der Waals surface area (Å²) in [6.45, 7) is 3.16. The molecule has 1 fully saturated rings. The molecule has 2 aliphatic rings. The third-order valence-corrected chi connectivity index (χ3v) is 5.53. The summed E-state index contributed by atoms with van der Waals surface area (Å²) in [5.74, 6) is 0.608. The van der Waals surface area contributed by atoms with Gasteiger partial charge in [0.15, 0.2) is 0 Å². The van der Waals surface area contributed by atoms with Crippen LogP contribution in [0.3, 0.4) is 0 Å². The number of hydrogen-bond acceptors (Lipinski definition) is 3. The van der Waals surface area contributed by atoms with Crippen molar-refractivity contribution in [2.45, 2.75) is 51.2 Å². The van der Waals surface area contributed by atoms with Crippen LogP contribution in [0.5, 0.6) is 0 Å². The van der Waals surface area contributed by atoms with Crippen molar-refractivity contribution in [1.82, 2.24) is 0 Å². The minimum atomic E-state index is 0.250. The summed E-state index contributed by atoms with van der Waals surface area (Å²) >= 11 is 0. The van der Waals surface area contributed by atoms with Crippen molar-refractivity contribution in [2.75, 3.05) is 17.2 Å². The first-order valence-corrected chi connectivity index (χ1v) is 9.69. The zero-order valence-electron chi connectivity index (χ0n) is 15.0. The molecule has 0 aliphatic carbocycles. The fourth-order valence-electron chi connectivity index (χ4n) is 4.24. The van der Waals surface area contributed by atoms with E-state index in [1.54, 1.807) is 0 Å². The van der Waals surface area contributed by atoms with Crippen LogP contribution in [-0.4, -0.2) is 12.6 Å². The summed E-state index contributed by atoms with van der Waals surface area (Å²) in [5, 5.41) is 7.31. The summed E-state index contributed by atoms with van der Waals surface area (Å²) in [6, 6.07) is 17.5. The first kappa shape index (κ1) is 16.5. The van der Waals surface area contributed by atoms with Gasteiger partial charge in [0.05, 0.1) is 6.10 Å². The number of rotatable bonds is 6. The largest absolute Gasteiger partial charge is 0.382 e. The molecular formula is C22H28N2O.